The zero-order chi connectivity index (χ0) is 10.5. The third-order valence-corrected chi connectivity index (χ3v) is 3.20. The molecule has 0 amide bonds. The summed E-state index contributed by atoms with van der Waals surface area (Å²) in [7, 11) is 0. The number of hydrogen-bond donors (Lipinski definition) is 1. The SMILES string of the molecule is C=C(CNC1CC1)COCc1cccs1. The minimum atomic E-state index is 0.664. The first-order valence-electron chi connectivity index (χ1n) is 5.35. The van der Waals surface area contributed by atoms with Crippen molar-refractivity contribution in [3.05, 3.63) is 34.5 Å². The van der Waals surface area contributed by atoms with Gasteiger partial charge in [-0.05, 0) is 29.9 Å². The average molecular weight is 223 g/mol. The standard InChI is InChI=1S/C12H17NOS/c1-10(7-13-11-4-5-11)8-14-9-12-3-2-6-15-12/h2-3,6,11,13H,1,4-5,7-9H2. The third kappa shape index (κ3) is 4.16. The largest absolute Gasteiger partial charge is 0.372 e. The number of hydrogen-bond acceptors (Lipinski definition) is 3. The Morgan fingerprint density at radius 2 is 2.47 bits per heavy atom. The molecule has 82 valence electrons. The van der Waals surface area contributed by atoms with E-state index >= 15 is 0 Å². The summed E-state index contributed by atoms with van der Waals surface area (Å²) in [5.74, 6) is 0. The molecule has 0 atom stereocenters. The van der Waals surface area contributed by atoms with Gasteiger partial charge in [0.2, 0.25) is 0 Å². The lowest BCUT2D eigenvalue weighted by Crippen LogP contribution is -2.20. The second-order valence-electron chi connectivity index (χ2n) is 3.98. The summed E-state index contributed by atoms with van der Waals surface area (Å²) in [5.41, 5.74) is 1.14. The lowest BCUT2D eigenvalue weighted by atomic mass is 10.3. The summed E-state index contributed by atoms with van der Waals surface area (Å²) in [4.78, 5) is 1.28. The second kappa shape index (κ2) is 5.45. The van der Waals surface area contributed by atoms with Gasteiger partial charge in [0.15, 0.2) is 0 Å². The van der Waals surface area contributed by atoms with E-state index in [2.05, 4.69) is 23.3 Å². The van der Waals surface area contributed by atoms with Crippen LogP contribution in [0.1, 0.15) is 17.7 Å². The molecule has 15 heavy (non-hydrogen) atoms. The molecule has 0 aliphatic heterocycles. The van der Waals surface area contributed by atoms with E-state index in [9.17, 15) is 0 Å². The van der Waals surface area contributed by atoms with Crippen molar-refractivity contribution in [2.75, 3.05) is 13.2 Å². The molecule has 1 aliphatic carbocycles. The molecule has 1 N–H and O–H groups in total. The van der Waals surface area contributed by atoms with Gasteiger partial charge in [0.05, 0.1) is 13.2 Å². The van der Waals surface area contributed by atoms with Gasteiger partial charge < -0.3 is 10.1 Å². The molecule has 0 bridgehead atoms. The van der Waals surface area contributed by atoms with Crippen molar-refractivity contribution in [1.29, 1.82) is 0 Å². The maximum absolute atomic E-state index is 5.56. The van der Waals surface area contributed by atoms with E-state index in [0.29, 0.717) is 13.2 Å². The zero-order valence-electron chi connectivity index (χ0n) is 8.87. The van der Waals surface area contributed by atoms with Gasteiger partial charge in [0.1, 0.15) is 0 Å². The van der Waals surface area contributed by atoms with Crippen LogP contribution in [-0.2, 0) is 11.3 Å². The van der Waals surface area contributed by atoms with E-state index in [1.807, 2.05) is 6.07 Å². The summed E-state index contributed by atoms with van der Waals surface area (Å²) >= 11 is 1.73. The van der Waals surface area contributed by atoms with E-state index in [1.54, 1.807) is 11.3 Å². The summed E-state index contributed by atoms with van der Waals surface area (Å²) < 4.78 is 5.56. The minimum absolute atomic E-state index is 0.664. The van der Waals surface area contributed by atoms with Crippen LogP contribution in [0.15, 0.2) is 29.7 Å². The van der Waals surface area contributed by atoms with Crippen LogP contribution >= 0.6 is 11.3 Å². The van der Waals surface area contributed by atoms with Crippen LogP contribution in [0, 0.1) is 0 Å². The van der Waals surface area contributed by atoms with E-state index < -0.39 is 0 Å². The predicted octanol–water partition coefficient (Wildman–Crippen LogP) is 2.57. The monoisotopic (exact) mass is 223 g/mol. The van der Waals surface area contributed by atoms with E-state index in [-0.39, 0.29) is 0 Å². The van der Waals surface area contributed by atoms with Crippen LogP contribution < -0.4 is 5.32 Å². The minimum Gasteiger partial charge on any atom is -0.372 e. The highest BCUT2D eigenvalue weighted by Crippen LogP contribution is 2.18. The first-order valence-corrected chi connectivity index (χ1v) is 6.23. The van der Waals surface area contributed by atoms with Gasteiger partial charge in [0.25, 0.3) is 0 Å². The normalized spacial score (nSPS) is 15.5. The van der Waals surface area contributed by atoms with E-state index in [1.165, 1.54) is 17.7 Å². The smallest absolute Gasteiger partial charge is 0.0813 e. The lowest BCUT2D eigenvalue weighted by molar-refractivity contribution is 0.143. The molecule has 1 fully saturated rings. The maximum Gasteiger partial charge on any atom is 0.0813 e. The van der Waals surface area contributed by atoms with Gasteiger partial charge >= 0.3 is 0 Å². The van der Waals surface area contributed by atoms with Gasteiger partial charge in [-0.2, -0.15) is 0 Å². The van der Waals surface area contributed by atoms with Crippen LogP contribution in [0.4, 0.5) is 0 Å². The van der Waals surface area contributed by atoms with Crippen molar-refractivity contribution in [2.45, 2.75) is 25.5 Å². The fraction of sp³-hybridized carbons (Fsp3) is 0.500. The zero-order valence-corrected chi connectivity index (χ0v) is 9.69. The highest BCUT2D eigenvalue weighted by molar-refractivity contribution is 7.09. The molecule has 1 heterocycles. The van der Waals surface area contributed by atoms with E-state index in [0.717, 1.165) is 18.2 Å². The summed E-state index contributed by atoms with van der Waals surface area (Å²) in [5, 5.41) is 5.49. The van der Waals surface area contributed by atoms with Gasteiger partial charge in [0, 0.05) is 17.5 Å². The number of rotatable bonds is 7. The fourth-order valence-electron chi connectivity index (χ4n) is 1.32. The molecule has 1 saturated carbocycles. The van der Waals surface area contributed by atoms with Crippen LogP contribution in [0.5, 0.6) is 0 Å². The summed E-state index contributed by atoms with van der Waals surface area (Å²) in [6.07, 6.45) is 2.65. The molecule has 0 radical (unpaired) electrons. The molecule has 0 saturated heterocycles. The van der Waals surface area contributed by atoms with Crippen molar-refractivity contribution in [2.24, 2.45) is 0 Å². The Morgan fingerprint density at radius 3 is 3.13 bits per heavy atom. The van der Waals surface area contributed by atoms with Gasteiger partial charge in [-0.1, -0.05) is 12.6 Å². The topological polar surface area (TPSA) is 21.3 Å². The first-order chi connectivity index (χ1) is 7.34. The Kier molecular flexibility index (Phi) is 3.94. The highest BCUT2D eigenvalue weighted by Gasteiger charge is 2.19. The number of thiophene rings is 1. The summed E-state index contributed by atoms with van der Waals surface area (Å²) in [6, 6.07) is 4.89. The van der Waals surface area contributed by atoms with Crippen LogP contribution in [0.2, 0.25) is 0 Å². The molecule has 1 aromatic heterocycles. The number of ether oxygens (including phenoxy) is 1. The molecular formula is C12H17NOS. The van der Waals surface area contributed by atoms with Crippen molar-refractivity contribution < 1.29 is 4.74 Å². The van der Waals surface area contributed by atoms with Gasteiger partial charge in [-0.25, -0.2) is 0 Å². The molecule has 2 rings (SSSR count). The average Bonchev–Trinajstić information content (AvgIpc) is 2.92. The van der Waals surface area contributed by atoms with Crippen molar-refractivity contribution >= 4 is 11.3 Å². The van der Waals surface area contributed by atoms with Crippen LogP contribution in [0.25, 0.3) is 0 Å². The number of nitrogens with one attached hydrogen (secondary N) is 1. The Hall–Kier alpha value is -0.640. The lowest BCUT2D eigenvalue weighted by Gasteiger charge is -2.07. The molecule has 0 aromatic carbocycles. The first kappa shape index (κ1) is 10.9. The van der Waals surface area contributed by atoms with E-state index in [4.69, 9.17) is 4.74 Å². The Bertz CT molecular complexity index is 303. The van der Waals surface area contributed by atoms with Crippen LogP contribution in [0.3, 0.4) is 0 Å². The van der Waals surface area contributed by atoms with Crippen molar-refractivity contribution in [3.63, 3.8) is 0 Å². The molecule has 1 aliphatic rings. The van der Waals surface area contributed by atoms with Crippen molar-refractivity contribution in [3.8, 4) is 0 Å². The highest BCUT2D eigenvalue weighted by atomic mass is 32.1. The molecule has 3 heteroatoms. The molecule has 0 spiro atoms. The fourth-order valence-corrected chi connectivity index (χ4v) is 1.96. The van der Waals surface area contributed by atoms with Crippen molar-refractivity contribution in [1.82, 2.24) is 5.32 Å². The molecule has 1 aromatic rings. The maximum atomic E-state index is 5.56. The van der Waals surface area contributed by atoms with Gasteiger partial charge in [-0.15, -0.1) is 11.3 Å². The summed E-state index contributed by atoms with van der Waals surface area (Å²) in [6.45, 7) is 6.26. The Balaban J connectivity index is 1.54. The predicted molar refractivity (Wildman–Crippen MR) is 64.1 cm³/mol. The quantitative estimate of drug-likeness (QED) is 0.717. The third-order valence-electron chi connectivity index (χ3n) is 2.35. The molecule has 0 unspecified atom stereocenters. The molecule has 2 nitrogen and oxygen atoms in total. The second-order valence-corrected chi connectivity index (χ2v) is 5.01. The Labute approximate surface area is 95.0 Å². The molecular weight excluding hydrogens is 206 g/mol. The Morgan fingerprint density at radius 1 is 1.60 bits per heavy atom. The van der Waals surface area contributed by atoms with Gasteiger partial charge in [-0.3, -0.25) is 0 Å². The van der Waals surface area contributed by atoms with Crippen LogP contribution in [-0.4, -0.2) is 19.2 Å².